The van der Waals surface area contributed by atoms with Crippen molar-refractivity contribution >= 4 is 16.9 Å². The van der Waals surface area contributed by atoms with Crippen LogP contribution in [-0.4, -0.2) is 50.0 Å². The molecule has 0 saturated carbocycles. The zero-order chi connectivity index (χ0) is 21.6. The number of likely N-dealkylation sites (N-methyl/N-ethyl adjacent to an activating group) is 1. The number of amides is 1. The normalized spacial score (nSPS) is 15.9. The van der Waals surface area contributed by atoms with Gasteiger partial charge in [-0.2, -0.15) is 0 Å². The second-order valence-corrected chi connectivity index (χ2v) is 8.08. The van der Waals surface area contributed by atoms with Gasteiger partial charge in [-0.1, -0.05) is 12.1 Å². The third-order valence-corrected chi connectivity index (χ3v) is 5.80. The van der Waals surface area contributed by atoms with Crippen molar-refractivity contribution in [2.45, 2.75) is 19.9 Å². The lowest BCUT2D eigenvalue weighted by atomic mass is 9.97. The Morgan fingerprint density at radius 3 is 2.37 bits per heavy atom. The number of aryl methyl sites for hydroxylation is 2. The zero-order valence-corrected chi connectivity index (χ0v) is 18.0. The molecule has 2 aromatic carbocycles. The fourth-order valence-electron chi connectivity index (χ4n) is 3.95. The third-order valence-electron chi connectivity index (χ3n) is 5.80. The highest BCUT2D eigenvalue weighted by atomic mass is 16.5. The van der Waals surface area contributed by atoms with Crippen LogP contribution in [0.4, 0.5) is 0 Å². The van der Waals surface area contributed by atoms with Gasteiger partial charge in [-0.25, -0.2) is 0 Å². The number of hydrogen-bond donors (Lipinski definition) is 0. The second-order valence-electron chi connectivity index (χ2n) is 8.08. The fourth-order valence-corrected chi connectivity index (χ4v) is 3.95. The van der Waals surface area contributed by atoms with Crippen molar-refractivity contribution in [2.75, 3.05) is 34.3 Å². The summed E-state index contributed by atoms with van der Waals surface area (Å²) in [7, 11) is 5.52. The van der Waals surface area contributed by atoms with Crippen molar-refractivity contribution in [3.63, 3.8) is 0 Å². The van der Waals surface area contributed by atoms with E-state index in [-0.39, 0.29) is 17.1 Å². The molecule has 0 N–H and O–H groups in total. The number of nitrogens with zero attached hydrogens (tertiary/aromatic N) is 2. The molecule has 1 aliphatic rings. The van der Waals surface area contributed by atoms with E-state index in [9.17, 15) is 9.59 Å². The number of carbonyl (C=O) groups excluding carboxylic acids is 1. The molecule has 0 aliphatic carbocycles. The van der Waals surface area contributed by atoms with Gasteiger partial charge < -0.3 is 19.0 Å². The summed E-state index contributed by atoms with van der Waals surface area (Å²) >= 11 is 0. The zero-order valence-electron chi connectivity index (χ0n) is 18.0. The smallest absolute Gasteiger partial charge is 0.290 e. The van der Waals surface area contributed by atoms with Crippen LogP contribution in [0.3, 0.4) is 0 Å². The van der Waals surface area contributed by atoms with Crippen LogP contribution in [0.2, 0.25) is 0 Å². The molecule has 6 heteroatoms. The summed E-state index contributed by atoms with van der Waals surface area (Å²) in [6.45, 7) is 5.10. The van der Waals surface area contributed by atoms with E-state index < -0.39 is 6.04 Å². The quantitative estimate of drug-likeness (QED) is 0.649. The molecule has 1 amide bonds. The summed E-state index contributed by atoms with van der Waals surface area (Å²) in [5.41, 5.74) is 3.63. The van der Waals surface area contributed by atoms with Gasteiger partial charge in [0.25, 0.3) is 5.91 Å². The van der Waals surface area contributed by atoms with E-state index in [4.69, 9.17) is 9.15 Å². The van der Waals surface area contributed by atoms with Gasteiger partial charge in [0.15, 0.2) is 5.43 Å². The first-order chi connectivity index (χ1) is 14.3. The summed E-state index contributed by atoms with van der Waals surface area (Å²) in [6, 6.07) is 10.7. The predicted molar refractivity (Wildman–Crippen MR) is 116 cm³/mol. The average Bonchev–Trinajstić information content (AvgIpc) is 3.00. The lowest BCUT2D eigenvalue weighted by Crippen LogP contribution is -2.35. The summed E-state index contributed by atoms with van der Waals surface area (Å²) in [6.07, 6.45) is 0. The van der Waals surface area contributed by atoms with Crippen LogP contribution in [0.15, 0.2) is 45.6 Å². The first kappa shape index (κ1) is 20.2. The molecule has 0 radical (unpaired) electrons. The highest BCUT2D eigenvalue weighted by Crippen LogP contribution is 2.38. The van der Waals surface area contributed by atoms with E-state index in [0.717, 1.165) is 22.4 Å². The molecule has 0 unspecified atom stereocenters. The molecule has 30 heavy (non-hydrogen) atoms. The van der Waals surface area contributed by atoms with Gasteiger partial charge in [0.2, 0.25) is 5.76 Å². The van der Waals surface area contributed by atoms with E-state index in [1.54, 1.807) is 12.0 Å². The standard InChI is InChI=1S/C24H26N2O4/c1-14-12-18-19(13-15(14)2)30-23-20(22(18)27)21(16-6-8-17(29-5)9-7-16)26(24(23)28)11-10-25(3)4/h6-9,12-13,21H,10-11H2,1-5H3/t21-/m0/s1. The highest BCUT2D eigenvalue weighted by molar-refractivity contribution is 5.99. The SMILES string of the molecule is COc1ccc([C@H]2c3c(oc4cc(C)c(C)cc4c3=O)C(=O)N2CCN(C)C)cc1. The highest BCUT2D eigenvalue weighted by Gasteiger charge is 2.42. The van der Waals surface area contributed by atoms with Crippen molar-refractivity contribution in [1.82, 2.24) is 9.80 Å². The van der Waals surface area contributed by atoms with Gasteiger partial charge in [-0.3, -0.25) is 9.59 Å². The van der Waals surface area contributed by atoms with E-state index in [2.05, 4.69) is 0 Å². The first-order valence-corrected chi connectivity index (χ1v) is 9.99. The van der Waals surface area contributed by atoms with E-state index in [1.165, 1.54) is 0 Å². The molecule has 1 atom stereocenters. The van der Waals surface area contributed by atoms with Gasteiger partial charge in [0.1, 0.15) is 11.3 Å². The van der Waals surface area contributed by atoms with Gasteiger partial charge in [-0.05, 0) is 68.9 Å². The molecule has 0 spiro atoms. The molecule has 6 nitrogen and oxygen atoms in total. The van der Waals surface area contributed by atoms with E-state index in [0.29, 0.717) is 29.6 Å². The Hall–Kier alpha value is -3.12. The molecule has 0 saturated heterocycles. The third kappa shape index (κ3) is 3.27. The molecule has 1 aromatic heterocycles. The molecular formula is C24H26N2O4. The van der Waals surface area contributed by atoms with E-state index >= 15 is 0 Å². The van der Waals surface area contributed by atoms with Gasteiger partial charge in [0, 0.05) is 13.1 Å². The summed E-state index contributed by atoms with van der Waals surface area (Å²) in [4.78, 5) is 30.6. The van der Waals surface area contributed by atoms with Crippen molar-refractivity contribution in [3.05, 3.63) is 74.6 Å². The Morgan fingerprint density at radius 2 is 1.73 bits per heavy atom. The van der Waals surface area contributed by atoms with Gasteiger partial charge in [-0.15, -0.1) is 0 Å². The van der Waals surface area contributed by atoms with Crippen LogP contribution in [0, 0.1) is 13.8 Å². The van der Waals surface area contributed by atoms with Crippen molar-refractivity contribution in [3.8, 4) is 5.75 Å². The first-order valence-electron chi connectivity index (χ1n) is 9.99. The van der Waals surface area contributed by atoms with Crippen LogP contribution in [0.5, 0.6) is 5.75 Å². The molecule has 1 aliphatic heterocycles. The van der Waals surface area contributed by atoms with Crippen LogP contribution in [-0.2, 0) is 0 Å². The maximum Gasteiger partial charge on any atom is 0.290 e. The number of fused-ring (bicyclic) bond motifs is 2. The molecule has 0 bridgehead atoms. The average molecular weight is 406 g/mol. The Labute approximate surface area is 175 Å². The number of benzene rings is 2. The van der Waals surface area contributed by atoms with Crippen LogP contribution in [0.25, 0.3) is 11.0 Å². The summed E-state index contributed by atoms with van der Waals surface area (Å²) in [5, 5.41) is 0.512. The lowest BCUT2D eigenvalue weighted by Gasteiger charge is -2.26. The Balaban J connectivity index is 1.93. The number of ether oxygens (including phenoxy) is 1. The topological polar surface area (TPSA) is 63.0 Å². The van der Waals surface area contributed by atoms with Gasteiger partial charge >= 0.3 is 0 Å². The molecule has 2 heterocycles. The minimum atomic E-state index is -0.486. The van der Waals surface area contributed by atoms with Crippen LogP contribution in [0.1, 0.15) is 38.9 Å². The molecule has 4 rings (SSSR count). The number of rotatable bonds is 5. The number of carbonyl (C=O) groups is 1. The minimum absolute atomic E-state index is 0.143. The fraction of sp³-hybridized carbons (Fsp3) is 0.333. The summed E-state index contributed by atoms with van der Waals surface area (Å²) < 4.78 is 11.3. The number of methoxy groups -OCH3 is 1. The van der Waals surface area contributed by atoms with E-state index in [1.807, 2.05) is 69.2 Å². The molecule has 156 valence electrons. The second kappa shape index (κ2) is 7.61. The lowest BCUT2D eigenvalue weighted by molar-refractivity contribution is 0.0716. The minimum Gasteiger partial charge on any atom is -0.497 e. The largest absolute Gasteiger partial charge is 0.497 e. The van der Waals surface area contributed by atoms with Gasteiger partial charge in [0.05, 0.1) is 24.1 Å². The van der Waals surface area contributed by atoms with Crippen LogP contribution < -0.4 is 10.2 Å². The molecular weight excluding hydrogens is 380 g/mol. The monoisotopic (exact) mass is 406 g/mol. The van der Waals surface area contributed by atoms with Crippen molar-refractivity contribution in [2.24, 2.45) is 0 Å². The Morgan fingerprint density at radius 1 is 1.07 bits per heavy atom. The van der Waals surface area contributed by atoms with Crippen molar-refractivity contribution in [1.29, 1.82) is 0 Å². The Kier molecular flexibility index (Phi) is 5.12. The maximum atomic E-state index is 13.5. The number of hydrogen-bond acceptors (Lipinski definition) is 5. The maximum absolute atomic E-state index is 13.5. The van der Waals surface area contributed by atoms with Crippen molar-refractivity contribution < 1.29 is 13.9 Å². The summed E-state index contributed by atoms with van der Waals surface area (Å²) in [5.74, 6) is 0.625. The predicted octanol–water partition coefficient (Wildman–Crippen LogP) is 3.53. The Bertz CT molecular complexity index is 1180. The molecule has 3 aromatic rings. The molecule has 0 fully saturated rings. The van der Waals surface area contributed by atoms with Crippen LogP contribution >= 0.6 is 0 Å².